The number of ether oxygens (including phenoxy) is 5. The first-order chi connectivity index (χ1) is 26.6. The van der Waals surface area contributed by atoms with Crippen LogP contribution in [-0.4, -0.2) is 96.6 Å². The molecule has 0 aliphatic carbocycles. The summed E-state index contributed by atoms with van der Waals surface area (Å²) in [6.07, 6.45) is -0.464. The molecule has 2 aliphatic heterocycles. The summed E-state index contributed by atoms with van der Waals surface area (Å²) < 4.78 is 26.7. The number of thioether (sulfide) groups is 1. The van der Waals surface area contributed by atoms with E-state index in [4.69, 9.17) is 23.7 Å². The molecule has 3 atom stereocenters. The number of amides is 3. The fourth-order valence-corrected chi connectivity index (χ4v) is 7.51. The van der Waals surface area contributed by atoms with Crippen LogP contribution in [0.4, 0.5) is 4.79 Å². The minimum absolute atomic E-state index is 0.0388. The Morgan fingerprint density at radius 1 is 0.873 bits per heavy atom. The summed E-state index contributed by atoms with van der Waals surface area (Å²) in [6.45, 7) is -0.360. The monoisotopic (exact) mass is 777 g/mol. The van der Waals surface area contributed by atoms with Crippen LogP contribution >= 0.6 is 11.8 Å². The highest BCUT2D eigenvalue weighted by molar-refractivity contribution is 8.00. The molecule has 1 saturated heterocycles. The van der Waals surface area contributed by atoms with E-state index in [0.717, 1.165) is 5.56 Å². The third-order valence-corrected chi connectivity index (χ3v) is 10.4. The number of aliphatic hydroxyl groups is 1. The molecular formula is C39H43N3O12S. The molecule has 1 fully saturated rings. The van der Waals surface area contributed by atoms with Crippen molar-refractivity contribution in [1.29, 1.82) is 0 Å². The molecule has 16 heteroatoms. The number of methoxy groups -OCH3 is 3. The average Bonchev–Trinajstić information content (AvgIpc) is 3.20. The molecule has 3 amide bonds. The van der Waals surface area contributed by atoms with Gasteiger partial charge in [-0.2, -0.15) is 0 Å². The number of rotatable bonds is 18. The van der Waals surface area contributed by atoms with Gasteiger partial charge < -0.3 is 44.5 Å². The number of aliphatic carboxylic acids is 1. The van der Waals surface area contributed by atoms with Crippen LogP contribution in [-0.2, 0) is 48.3 Å². The number of esters is 1. The number of hydrogen-bond donors (Lipinski definition) is 4. The van der Waals surface area contributed by atoms with Crippen LogP contribution in [0.25, 0.3) is 0 Å². The molecule has 2 aliphatic rings. The number of carboxylic acids is 1. The van der Waals surface area contributed by atoms with Gasteiger partial charge in [-0.05, 0) is 65.4 Å². The Morgan fingerprint density at radius 3 is 2.07 bits per heavy atom. The lowest BCUT2D eigenvalue weighted by Gasteiger charge is -2.49. The van der Waals surface area contributed by atoms with Crippen LogP contribution in [0.5, 0.6) is 17.2 Å². The fraction of sp³-hybridized carbons (Fsp3) is 0.359. The van der Waals surface area contributed by atoms with Crippen molar-refractivity contribution in [3.63, 3.8) is 0 Å². The van der Waals surface area contributed by atoms with Crippen LogP contribution < -0.4 is 24.8 Å². The SMILES string of the molecule is COc1ccc(COC(=O)NCCCC(C(=O)N[C@H]2C(=O)N3C(C(=O)OCc4ccc(OC)cc4)=C(CO)CS[C@@H]23)c2cc(CC(=O)O)ccc2OC)cc1. The van der Waals surface area contributed by atoms with Gasteiger partial charge in [0.25, 0.3) is 5.91 Å². The predicted octanol–water partition coefficient (Wildman–Crippen LogP) is 3.52. The second-order valence-corrected chi connectivity index (χ2v) is 13.7. The predicted molar refractivity (Wildman–Crippen MR) is 199 cm³/mol. The van der Waals surface area contributed by atoms with Crippen LogP contribution in [0.3, 0.4) is 0 Å². The van der Waals surface area contributed by atoms with E-state index in [1.54, 1.807) is 73.8 Å². The molecule has 5 rings (SSSR count). The lowest BCUT2D eigenvalue weighted by atomic mass is 9.89. The number of carbonyl (C=O) groups excluding carboxylic acids is 4. The normalized spacial score (nSPS) is 16.6. The molecule has 0 bridgehead atoms. The van der Waals surface area contributed by atoms with E-state index in [9.17, 15) is 34.2 Å². The van der Waals surface area contributed by atoms with E-state index in [1.807, 2.05) is 0 Å². The molecule has 15 nitrogen and oxygen atoms in total. The zero-order valence-electron chi connectivity index (χ0n) is 30.6. The zero-order valence-corrected chi connectivity index (χ0v) is 31.4. The number of fused-ring (bicyclic) bond motifs is 1. The quantitative estimate of drug-likeness (QED) is 0.0832. The van der Waals surface area contributed by atoms with Crippen LogP contribution in [0.15, 0.2) is 78.0 Å². The Morgan fingerprint density at radius 2 is 1.49 bits per heavy atom. The summed E-state index contributed by atoms with van der Waals surface area (Å²) in [5.41, 5.74) is 2.57. The van der Waals surface area contributed by atoms with Crippen molar-refractivity contribution in [3.05, 3.63) is 100 Å². The van der Waals surface area contributed by atoms with Crippen molar-refractivity contribution in [2.24, 2.45) is 0 Å². The number of carbonyl (C=O) groups is 5. The Bertz CT molecular complexity index is 1900. The molecule has 3 aromatic rings. The standard InChI is InChI=1S/C39H43N3O12S/c1-50-27-11-6-23(7-12-27)20-53-38(48)34-26(19-43)22-55-37-33(36(47)42(34)37)41-35(46)29(30-17-25(18-32(44)45)10-15-31(30)52-3)5-4-16-40-39(49)54-21-24-8-13-28(51-2)14-9-24/h6-15,17,29,33,37,43H,4-5,16,18-22H2,1-3H3,(H,40,49)(H,41,46)(H,44,45)/t29?,33-,37-/m0/s1. The first-order valence-corrected chi connectivity index (χ1v) is 18.4. The first-order valence-electron chi connectivity index (χ1n) is 17.4. The molecule has 292 valence electrons. The molecule has 4 N–H and O–H groups in total. The van der Waals surface area contributed by atoms with Crippen molar-refractivity contribution < 1.29 is 57.9 Å². The molecule has 2 heterocycles. The Kier molecular flexibility index (Phi) is 14.0. The first kappa shape index (κ1) is 40.4. The Labute approximate surface area is 321 Å². The zero-order chi connectivity index (χ0) is 39.5. The number of β-lactam (4-membered cyclic amide) rings is 1. The van der Waals surface area contributed by atoms with Gasteiger partial charge in [-0.15, -0.1) is 11.8 Å². The van der Waals surface area contributed by atoms with E-state index in [0.29, 0.717) is 45.9 Å². The molecule has 0 spiro atoms. The molecule has 0 saturated carbocycles. The second-order valence-electron chi connectivity index (χ2n) is 12.6. The number of nitrogens with one attached hydrogen (secondary N) is 2. The van der Waals surface area contributed by atoms with Gasteiger partial charge in [0, 0.05) is 17.9 Å². The molecular weight excluding hydrogens is 735 g/mol. The summed E-state index contributed by atoms with van der Waals surface area (Å²) in [5.74, 6) is -1.98. The van der Waals surface area contributed by atoms with Crippen molar-refractivity contribution in [3.8, 4) is 17.2 Å². The van der Waals surface area contributed by atoms with Crippen LogP contribution in [0, 0.1) is 0 Å². The maximum absolute atomic E-state index is 14.1. The number of aliphatic hydroxyl groups excluding tert-OH is 1. The maximum Gasteiger partial charge on any atom is 0.407 e. The minimum Gasteiger partial charge on any atom is -0.497 e. The molecule has 1 unspecified atom stereocenters. The summed E-state index contributed by atoms with van der Waals surface area (Å²) in [6, 6.07) is 17.7. The molecule has 3 aromatic carbocycles. The van der Waals surface area contributed by atoms with Gasteiger partial charge in [-0.25, -0.2) is 9.59 Å². The third kappa shape index (κ3) is 10.1. The average molecular weight is 778 g/mol. The van der Waals surface area contributed by atoms with E-state index in [-0.39, 0.29) is 44.1 Å². The van der Waals surface area contributed by atoms with Gasteiger partial charge in [0.05, 0.1) is 40.3 Å². The number of carboxylic acid groups (broad SMARTS) is 1. The largest absolute Gasteiger partial charge is 0.497 e. The van der Waals surface area contributed by atoms with Crippen molar-refractivity contribution >= 4 is 41.6 Å². The van der Waals surface area contributed by atoms with Crippen molar-refractivity contribution in [2.45, 2.75) is 49.8 Å². The van der Waals surface area contributed by atoms with Gasteiger partial charge in [0.1, 0.15) is 47.6 Å². The number of alkyl carbamates (subject to hydrolysis) is 1. The van der Waals surface area contributed by atoms with E-state index in [1.165, 1.54) is 30.9 Å². The van der Waals surface area contributed by atoms with Crippen LogP contribution in [0.1, 0.15) is 41.0 Å². The number of nitrogens with zero attached hydrogens (tertiary/aromatic N) is 1. The third-order valence-electron chi connectivity index (χ3n) is 9.07. The van der Waals surface area contributed by atoms with Gasteiger partial charge in [-0.3, -0.25) is 19.3 Å². The maximum atomic E-state index is 14.1. The van der Waals surface area contributed by atoms with E-state index < -0.39 is 53.8 Å². The van der Waals surface area contributed by atoms with E-state index >= 15 is 0 Å². The lowest BCUT2D eigenvalue weighted by molar-refractivity contribution is -0.153. The summed E-state index contributed by atoms with van der Waals surface area (Å²) in [4.78, 5) is 66.3. The lowest BCUT2D eigenvalue weighted by Crippen LogP contribution is -2.71. The van der Waals surface area contributed by atoms with Gasteiger partial charge >= 0.3 is 18.0 Å². The minimum atomic E-state index is -1.06. The fourth-order valence-electron chi connectivity index (χ4n) is 6.17. The number of benzene rings is 3. The van der Waals surface area contributed by atoms with Crippen molar-refractivity contribution in [2.75, 3.05) is 40.2 Å². The molecule has 0 aromatic heterocycles. The molecule has 55 heavy (non-hydrogen) atoms. The summed E-state index contributed by atoms with van der Waals surface area (Å²) in [5, 5.41) is 24.4. The Hall–Kier alpha value is -5.74. The highest BCUT2D eigenvalue weighted by Crippen LogP contribution is 2.41. The Balaban J connectivity index is 1.26. The van der Waals surface area contributed by atoms with Crippen molar-refractivity contribution in [1.82, 2.24) is 15.5 Å². The smallest absolute Gasteiger partial charge is 0.407 e. The highest BCUT2D eigenvalue weighted by atomic mass is 32.2. The summed E-state index contributed by atoms with van der Waals surface area (Å²) in [7, 11) is 4.52. The topological polar surface area (TPSA) is 199 Å². The van der Waals surface area contributed by atoms with Crippen LogP contribution in [0.2, 0.25) is 0 Å². The van der Waals surface area contributed by atoms with Gasteiger partial charge in [-0.1, -0.05) is 36.4 Å². The highest BCUT2D eigenvalue weighted by Gasteiger charge is 2.54. The van der Waals surface area contributed by atoms with Gasteiger partial charge in [0.15, 0.2) is 0 Å². The number of hydrogen-bond acceptors (Lipinski definition) is 12. The van der Waals surface area contributed by atoms with Gasteiger partial charge in [0.2, 0.25) is 5.91 Å². The second kappa shape index (κ2) is 19.0. The van der Waals surface area contributed by atoms with E-state index in [2.05, 4.69) is 10.6 Å². The molecule has 0 radical (unpaired) electrons. The summed E-state index contributed by atoms with van der Waals surface area (Å²) >= 11 is 1.29.